The van der Waals surface area contributed by atoms with Gasteiger partial charge in [0.15, 0.2) is 0 Å². The zero-order valence-electron chi connectivity index (χ0n) is 11.0. The van der Waals surface area contributed by atoms with E-state index in [9.17, 15) is 0 Å². The van der Waals surface area contributed by atoms with Crippen LogP contribution in [-0.2, 0) is 0 Å². The maximum Gasteiger partial charge on any atom is 0.321 e. The molecule has 0 aliphatic carbocycles. The molecule has 2 heterocycles. The summed E-state index contributed by atoms with van der Waals surface area (Å²) in [5, 5.41) is 1.47. The van der Waals surface area contributed by atoms with E-state index in [0.29, 0.717) is 32.1 Å². The van der Waals surface area contributed by atoms with Crippen LogP contribution in [0.3, 0.4) is 0 Å². The summed E-state index contributed by atoms with van der Waals surface area (Å²) in [5.74, 6) is 0.490. The van der Waals surface area contributed by atoms with Gasteiger partial charge in [-0.2, -0.15) is 0 Å². The van der Waals surface area contributed by atoms with Gasteiger partial charge in [0.2, 0.25) is 0 Å². The number of pyridine rings is 1. The molecule has 0 fully saturated rings. The van der Waals surface area contributed by atoms with Crippen molar-refractivity contribution in [1.29, 1.82) is 0 Å². The van der Waals surface area contributed by atoms with Gasteiger partial charge in [0.1, 0.15) is 5.75 Å². The molecule has 0 spiro atoms. The van der Waals surface area contributed by atoms with Gasteiger partial charge < -0.3 is 4.74 Å². The van der Waals surface area contributed by atoms with Crippen molar-refractivity contribution in [1.82, 2.24) is 15.0 Å². The number of hydrogen-bond donors (Lipinski definition) is 0. The van der Waals surface area contributed by atoms with E-state index in [1.807, 2.05) is 0 Å². The molecule has 2 aromatic heterocycles. The predicted molar refractivity (Wildman–Crippen MR) is 86.8 cm³/mol. The molecule has 0 N–H and O–H groups in total. The van der Waals surface area contributed by atoms with Crippen LogP contribution in [0.1, 0.15) is 0 Å². The van der Waals surface area contributed by atoms with E-state index in [-0.39, 0.29) is 6.01 Å². The molecule has 0 radical (unpaired) electrons. The first kappa shape index (κ1) is 15.0. The summed E-state index contributed by atoms with van der Waals surface area (Å²) in [5.41, 5.74) is 1.28. The second-order valence-electron chi connectivity index (χ2n) is 4.26. The lowest BCUT2D eigenvalue weighted by Gasteiger charge is -2.11. The van der Waals surface area contributed by atoms with Crippen molar-refractivity contribution in [2.24, 2.45) is 0 Å². The molecule has 110 valence electrons. The number of aromatic nitrogens is 3. The third kappa shape index (κ3) is 3.30. The van der Waals surface area contributed by atoms with Crippen LogP contribution in [0.2, 0.25) is 15.1 Å². The average molecular weight is 353 g/mol. The second kappa shape index (κ2) is 6.48. The molecule has 0 atom stereocenters. The van der Waals surface area contributed by atoms with E-state index in [4.69, 9.17) is 39.5 Å². The number of rotatable bonds is 3. The Bertz CT molecular complexity index is 792. The summed E-state index contributed by atoms with van der Waals surface area (Å²) >= 11 is 17.9. The predicted octanol–water partition coefficient (Wildman–Crippen LogP) is 5.29. The Kier molecular flexibility index (Phi) is 4.43. The number of nitrogens with zero attached hydrogens (tertiary/aromatic N) is 3. The normalized spacial score (nSPS) is 10.5. The molecule has 0 bridgehead atoms. The van der Waals surface area contributed by atoms with E-state index < -0.39 is 0 Å². The molecule has 1 aromatic carbocycles. The first-order chi connectivity index (χ1) is 10.6. The summed E-state index contributed by atoms with van der Waals surface area (Å²) in [6.07, 6.45) is 4.45. The van der Waals surface area contributed by atoms with Gasteiger partial charge in [-0.05, 0) is 24.3 Å². The largest absolute Gasteiger partial charge is 0.424 e. The summed E-state index contributed by atoms with van der Waals surface area (Å²) in [4.78, 5) is 12.3. The van der Waals surface area contributed by atoms with Gasteiger partial charge in [-0.1, -0.05) is 40.9 Å². The average Bonchev–Trinajstić information content (AvgIpc) is 2.51. The lowest BCUT2D eigenvalue weighted by molar-refractivity contribution is 0.443. The van der Waals surface area contributed by atoms with Crippen molar-refractivity contribution in [3.8, 4) is 23.0 Å². The van der Waals surface area contributed by atoms with Gasteiger partial charge in [0, 0.05) is 6.20 Å². The third-order valence-electron chi connectivity index (χ3n) is 2.76. The smallest absolute Gasteiger partial charge is 0.321 e. The van der Waals surface area contributed by atoms with Crippen LogP contribution in [0.15, 0.2) is 48.9 Å². The lowest BCUT2D eigenvalue weighted by atomic mass is 10.1. The van der Waals surface area contributed by atoms with Crippen LogP contribution in [-0.4, -0.2) is 15.0 Å². The Morgan fingerprint density at radius 2 is 1.50 bits per heavy atom. The second-order valence-corrected chi connectivity index (χ2v) is 5.54. The minimum absolute atomic E-state index is 0.168. The summed E-state index contributed by atoms with van der Waals surface area (Å²) in [6, 6.07) is 8.95. The minimum Gasteiger partial charge on any atom is -0.424 e. The highest BCUT2D eigenvalue weighted by molar-refractivity contribution is 6.33. The van der Waals surface area contributed by atoms with Crippen LogP contribution in [0.25, 0.3) is 11.3 Å². The van der Waals surface area contributed by atoms with Gasteiger partial charge in [0.25, 0.3) is 0 Å². The Morgan fingerprint density at radius 1 is 0.773 bits per heavy atom. The topological polar surface area (TPSA) is 47.9 Å². The van der Waals surface area contributed by atoms with Crippen LogP contribution >= 0.6 is 34.8 Å². The number of benzene rings is 1. The number of ether oxygens (including phenoxy) is 1. The number of halogens is 3. The summed E-state index contributed by atoms with van der Waals surface area (Å²) in [6.45, 7) is 0. The standard InChI is InChI=1S/C15H8Cl3N3O/c16-9-4-5-12(19-6-9)14-11(18)2-1-3-13(14)22-15-20-7-10(17)8-21-15/h1-8H. The van der Waals surface area contributed by atoms with Gasteiger partial charge in [-0.15, -0.1) is 0 Å². The van der Waals surface area contributed by atoms with Crippen LogP contribution in [0, 0.1) is 0 Å². The van der Waals surface area contributed by atoms with Crippen molar-refractivity contribution in [2.75, 3.05) is 0 Å². The molecule has 0 unspecified atom stereocenters. The van der Waals surface area contributed by atoms with Gasteiger partial charge in [-0.25, -0.2) is 9.97 Å². The highest BCUT2D eigenvalue weighted by atomic mass is 35.5. The lowest BCUT2D eigenvalue weighted by Crippen LogP contribution is -1.94. The fourth-order valence-corrected chi connectivity index (χ4v) is 2.29. The molecule has 0 saturated carbocycles. The van der Waals surface area contributed by atoms with Crippen molar-refractivity contribution in [3.63, 3.8) is 0 Å². The highest BCUT2D eigenvalue weighted by Gasteiger charge is 2.14. The maximum atomic E-state index is 6.28. The van der Waals surface area contributed by atoms with E-state index in [0.717, 1.165) is 0 Å². The Labute approximate surface area is 141 Å². The van der Waals surface area contributed by atoms with E-state index in [2.05, 4.69) is 15.0 Å². The molecule has 7 heteroatoms. The maximum absolute atomic E-state index is 6.28. The molecule has 0 amide bonds. The van der Waals surface area contributed by atoms with Crippen molar-refractivity contribution < 1.29 is 4.74 Å². The molecular formula is C15H8Cl3N3O. The number of hydrogen-bond acceptors (Lipinski definition) is 4. The van der Waals surface area contributed by atoms with Crippen LogP contribution < -0.4 is 4.74 Å². The van der Waals surface area contributed by atoms with Crippen LogP contribution in [0.5, 0.6) is 11.8 Å². The first-order valence-corrected chi connectivity index (χ1v) is 7.33. The zero-order chi connectivity index (χ0) is 15.5. The molecule has 0 aliphatic heterocycles. The monoisotopic (exact) mass is 351 g/mol. The van der Waals surface area contributed by atoms with Gasteiger partial charge in [0.05, 0.1) is 38.7 Å². The van der Waals surface area contributed by atoms with E-state index in [1.165, 1.54) is 12.4 Å². The van der Waals surface area contributed by atoms with E-state index >= 15 is 0 Å². The van der Waals surface area contributed by atoms with Gasteiger partial charge >= 0.3 is 6.01 Å². The first-order valence-electron chi connectivity index (χ1n) is 6.19. The molecular weight excluding hydrogens is 345 g/mol. The van der Waals surface area contributed by atoms with Gasteiger partial charge in [-0.3, -0.25) is 4.98 Å². The Morgan fingerprint density at radius 3 is 2.18 bits per heavy atom. The van der Waals surface area contributed by atoms with Crippen molar-refractivity contribution in [3.05, 3.63) is 64.0 Å². The summed E-state index contributed by atoms with van der Waals surface area (Å²) in [7, 11) is 0. The zero-order valence-corrected chi connectivity index (χ0v) is 13.3. The summed E-state index contributed by atoms with van der Waals surface area (Å²) < 4.78 is 5.69. The minimum atomic E-state index is 0.168. The molecule has 22 heavy (non-hydrogen) atoms. The van der Waals surface area contributed by atoms with Crippen molar-refractivity contribution in [2.45, 2.75) is 0 Å². The SMILES string of the molecule is Clc1ccc(-c2c(Cl)cccc2Oc2ncc(Cl)cn2)nc1. The molecule has 0 saturated heterocycles. The van der Waals surface area contributed by atoms with Crippen molar-refractivity contribution >= 4 is 34.8 Å². The Balaban J connectivity index is 2.03. The van der Waals surface area contributed by atoms with E-state index in [1.54, 1.807) is 36.5 Å². The fourth-order valence-electron chi connectivity index (χ4n) is 1.81. The molecule has 3 aromatic rings. The fraction of sp³-hybridized carbons (Fsp3) is 0. The Hall–Kier alpha value is -1.88. The third-order valence-corrected chi connectivity index (χ3v) is 3.49. The quantitative estimate of drug-likeness (QED) is 0.642. The highest BCUT2D eigenvalue weighted by Crippen LogP contribution is 2.37. The molecule has 3 rings (SSSR count). The molecule has 0 aliphatic rings. The van der Waals surface area contributed by atoms with Crippen LogP contribution in [0.4, 0.5) is 0 Å². The molecule has 4 nitrogen and oxygen atoms in total.